The molecule has 1 aliphatic heterocycles. The minimum absolute atomic E-state index is 0.0789. The molecule has 4 atom stereocenters. The van der Waals surface area contributed by atoms with Crippen LogP contribution >= 0.6 is 11.6 Å². The van der Waals surface area contributed by atoms with E-state index in [1.807, 2.05) is 26.0 Å². The Hall–Kier alpha value is -1.50. The number of likely N-dealkylation sites (tertiary alicyclic amines) is 1. The lowest BCUT2D eigenvalue weighted by Crippen LogP contribution is -2.48. The summed E-state index contributed by atoms with van der Waals surface area (Å²) >= 11 is 6.45. The van der Waals surface area contributed by atoms with Crippen LogP contribution in [0.5, 0.6) is 11.5 Å². The first-order valence-corrected chi connectivity index (χ1v) is 10.5. The van der Waals surface area contributed by atoms with E-state index >= 15 is 0 Å². The molecule has 28 heavy (non-hydrogen) atoms. The average Bonchev–Trinajstić information content (AvgIpc) is 2.99. The third-order valence-electron chi connectivity index (χ3n) is 5.67. The number of ether oxygens (including phenoxy) is 2. The van der Waals surface area contributed by atoms with Gasteiger partial charge in [0.2, 0.25) is 5.91 Å². The van der Waals surface area contributed by atoms with Crippen molar-refractivity contribution in [3.63, 3.8) is 0 Å². The molecule has 0 aromatic heterocycles. The highest BCUT2D eigenvalue weighted by molar-refractivity contribution is 6.32. The van der Waals surface area contributed by atoms with Crippen molar-refractivity contribution < 1.29 is 19.4 Å². The van der Waals surface area contributed by atoms with Gasteiger partial charge in [0.05, 0.1) is 30.4 Å². The second kappa shape index (κ2) is 9.33. The number of fused-ring (bicyclic) bond motifs is 1. The number of aliphatic hydroxyl groups excluding tert-OH is 1. The molecule has 2 aliphatic rings. The second-order valence-corrected chi connectivity index (χ2v) is 8.24. The van der Waals surface area contributed by atoms with Crippen molar-refractivity contribution in [1.29, 1.82) is 0 Å². The van der Waals surface area contributed by atoms with E-state index in [4.69, 9.17) is 21.1 Å². The van der Waals surface area contributed by atoms with Crippen LogP contribution in [0.3, 0.4) is 0 Å². The van der Waals surface area contributed by atoms with E-state index in [0.717, 1.165) is 38.0 Å². The Morgan fingerprint density at radius 2 is 1.89 bits per heavy atom. The predicted molar refractivity (Wildman–Crippen MR) is 109 cm³/mol. The maximum Gasteiger partial charge on any atom is 0.217 e. The largest absolute Gasteiger partial charge is 0.490 e. The van der Waals surface area contributed by atoms with Crippen LogP contribution in [-0.2, 0) is 11.3 Å². The fourth-order valence-corrected chi connectivity index (χ4v) is 4.88. The molecule has 6 nitrogen and oxygen atoms in total. The van der Waals surface area contributed by atoms with Crippen molar-refractivity contribution in [3.05, 3.63) is 22.7 Å². The summed E-state index contributed by atoms with van der Waals surface area (Å²) in [5.74, 6) is 2.16. The summed E-state index contributed by atoms with van der Waals surface area (Å²) in [5.41, 5.74) is 1.09. The molecular weight excluding hydrogens is 380 g/mol. The van der Waals surface area contributed by atoms with Crippen LogP contribution in [0.15, 0.2) is 12.1 Å². The molecule has 156 valence electrons. The van der Waals surface area contributed by atoms with Gasteiger partial charge >= 0.3 is 0 Å². The zero-order chi connectivity index (χ0) is 20.3. The molecule has 0 bridgehead atoms. The summed E-state index contributed by atoms with van der Waals surface area (Å²) in [6.07, 6.45) is 1.10. The first kappa shape index (κ1) is 21.2. The molecule has 1 saturated heterocycles. The van der Waals surface area contributed by atoms with Crippen molar-refractivity contribution >= 4 is 17.5 Å². The van der Waals surface area contributed by atoms with Gasteiger partial charge in [-0.3, -0.25) is 9.69 Å². The highest BCUT2D eigenvalue weighted by atomic mass is 35.5. The average molecular weight is 411 g/mol. The number of aliphatic hydroxyl groups is 1. The van der Waals surface area contributed by atoms with Crippen LogP contribution in [0, 0.1) is 11.8 Å². The van der Waals surface area contributed by atoms with E-state index in [0.29, 0.717) is 41.6 Å². The molecule has 7 heteroatoms. The third kappa shape index (κ3) is 4.91. The molecule has 2 N–H and O–H groups in total. The molecule has 1 aliphatic carbocycles. The summed E-state index contributed by atoms with van der Waals surface area (Å²) < 4.78 is 11.4. The van der Waals surface area contributed by atoms with Crippen molar-refractivity contribution in [2.24, 2.45) is 11.8 Å². The maximum absolute atomic E-state index is 11.4. The SMILES string of the molecule is CCOc1cc(CN2C[C@H]3C[C@@H](NC(C)=O)[C@H](O)C[C@H]3C2)cc(Cl)c1OCC. The lowest BCUT2D eigenvalue weighted by Gasteiger charge is -2.35. The first-order valence-electron chi connectivity index (χ1n) is 10.2. The van der Waals surface area contributed by atoms with Gasteiger partial charge in [-0.25, -0.2) is 0 Å². The highest BCUT2D eigenvalue weighted by Gasteiger charge is 2.41. The van der Waals surface area contributed by atoms with Crippen molar-refractivity contribution in [3.8, 4) is 11.5 Å². The summed E-state index contributed by atoms with van der Waals surface area (Å²) in [7, 11) is 0. The number of halogens is 1. The Morgan fingerprint density at radius 3 is 2.54 bits per heavy atom. The van der Waals surface area contributed by atoms with Gasteiger partial charge < -0.3 is 19.9 Å². The summed E-state index contributed by atoms with van der Waals surface area (Å²) in [6, 6.07) is 3.83. The molecule has 1 aromatic rings. The monoisotopic (exact) mass is 410 g/mol. The first-order chi connectivity index (χ1) is 13.4. The topological polar surface area (TPSA) is 71.0 Å². The van der Waals surface area contributed by atoms with E-state index in [9.17, 15) is 9.90 Å². The van der Waals surface area contributed by atoms with Crippen LogP contribution in [0.4, 0.5) is 0 Å². The van der Waals surface area contributed by atoms with Crippen LogP contribution in [-0.4, -0.2) is 54.4 Å². The minimum Gasteiger partial charge on any atom is -0.490 e. The Bertz CT molecular complexity index is 699. The Morgan fingerprint density at radius 1 is 1.21 bits per heavy atom. The smallest absolute Gasteiger partial charge is 0.217 e. The predicted octanol–water partition coefficient (Wildman–Crippen LogP) is 2.84. The fraction of sp³-hybridized carbons (Fsp3) is 0.667. The molecule has 1 aromatic carbocycles. The molecule has 3 rings (SSSR count). The van der Waals surface area contributed by atoms with E-state index < -0.39 is 6.10 Å². The number of hydrogen-bond acceptors (Lipinski definition) is 5. The quantitative estimate of drug-likeness (QED) is 0.723. The van der Waals surface area contributed by atoms with Crippen molar-refractivity contribution in [2.75, 3.05) is 26.3 Å². The molecule has 1 saturated carbocycles. The van der Waals surface area contributed by atoms with Gasteiger partial charge in [-0.15, -0.1) is 0 Å². The zero-order valence-corrected chi connectivity index (χ0v) is 17.7. The van der Waals surface area contributed by atoms with Crippen LogP contribution in [0.1, 0.15) is 39.2 Å². The van der Waals surface area contributed by atoms with E-state index in [2.05, 4.69) is 10.2 Å². The fourth-order valence-electron chi connectivity index (χ4n) is 4.59. The van der Waals surface area contributed by atoms with E-state index in [1.165, 1.54) is 6.92 Å². The summed E-state index contributed by atoms with van der Waals surface area (Å²) in [5, 5.41) is 13.8. The number of nitrogens with zero attached hydrogens (tertiary/aromatic N) is 1. The standard InChI is InChI=1S/C21H31ClN2O4/c1-4-27-20-7-14(6-17(22)21(20)28-5-2)10-24-11-15-8-18(23-13(3)25)19(26)9-16(15)12-24/h6-7,15-16,18-19,26H,4-5,8-12H2,1-3H3,(H,23,25)/t15-,16+,18-,19-/m1/s1. The molecule has 0 spiro atoms. The number of benzene rings is 1. The Kier molecular flexibility index (Phi) is 7.07. The van der Waals surface area contributed by atoms with Gasteiger partial charge in [-0.05, 0) is 56.2 Å². The number of amides is 1. The Labute approximate surface area is 172 Å². The molecule has 1 heterocycles. The van der Waals surface area contributed by atoms with Crippen LogP contribution in [0.25, 0.3) is 0 Å². The van der Waals surface area contributed by atoms with E-state index in [-0.39, 0.29) is 11.9 Å². The molecule has 1 amide bonds. The number of carbonyl (C=O) groups excluding carboxylic acids is 1. The maximum atomic E-state index is 11.4. The molecule has 2 fully saturated rings. The lowest BCUT2D eigenvalue weighted by molar-refractivity contribution is -0.121. The van der Waals surface area contributed by atoms with Crippen LogP contribution < -0.4 is 14.8 Å². The van der Waals surface area contributed by atoms with Crippen molar-refractivity contribution in [2.45, 2.75) is 52.3 Å². The number of nitrogens with one attached hydrogen (secondary N) is 1. The van der Waals surface area contributed by atoms with Gasteiger partial charge in [0.1, 0.15) is 0 Å². The van der Waals surface area contributed by atoms with Gasteiger partial charge in [-0.1, -0.05) is 11.6 Å². The van der Waals surface area contributed by atoms with Gasteiger partial charge in [0, 0.05) is 26.6 Å². The van der Waals surface area contributed by atoms with Gasteiger partial charge in [-0.2, -0.15) is 0 Å². The van der Waals surface area contributed by atoms with Gasteiger partial charge in [0.15, 0.2) is 11.5 Å². The number of hydrogen-bond donors (Lipinski definition) is 2. The molecule has 0 radical (unpaired) electrons. The number of carbonyl (C=O) groups is 1. The normalized spacial score (nSPS) is 27.3. The summed E-state index contributed by atoms with van der Waals surface area (Å²) in [6.45, 7) is 9.15. The van der Waals surface area contributed by atoms with Crippen molar-refractivity contribution in [1.82, 2.24) is 10.2 Å². The highest BCUT2D eigenvalue weighted by Crippen LogP contribution is 2.39. The zero-order valence-electron chi connectivity index (χ0n) is 16.9. The molecule has 0 unspecified atom stereocenters. The Balaban J connectivity index is 1.67. The van der Waals surface area contributed by atoms with Gasteiger partial charge in [0.25, 0.3) is 0 Å². The minimum atomic E-state index is -0.463. The van der Waals surface area contributed by atoms with Crippen LogP contribution in [0.2, 0.25) is 5.02 Å². The van der Waals surface area contributed by atoms with E-state index in [1.54, 1.807) is 0 Å². The summed E-state index contributed by atoms with van der Waals surface area (Å²) in [4.78, 5) is 13.8. The molecular formula is C21H31ClN2O4. The second-order valence-electron chi connectivity index (χ2n) is 7.83. The lowest BCUT2D eigenvalue weighted by atomic mass is 9.77. The third-order valence-corrected chi connectivity index (χ3v) is 5.95. The number of rotatable bonds is 7.